The van der Waals surface area contributed by atoms with E-state index in [1.807, 2.05) is 0 Å². The third-order valence-corrected chi connectivity index (χ3v) is 15.0. The van der Waals surface area contributed by atoms with Crippen molar-refractivity contribution in [3.63, 3.8) is 0 Å². The molecule has 3 aromatic heterocycles. The van der Waals surface area contributed by atoms with Gasteiger partial charge in [-0.1, -0.05) is 13.8 Å². The maximum atomic E-state index is 16.9. The first kappa shape index (κ1) is 64.7. The normalized spacial score (nSPS) is 12.5. The number of carboxylic acids is 2. The minimum Gasteiger partial charge on any atom is -0.550 e. The van der Waals surface area contributed by atoms with E-state index in [2.05, 4.69) is 19.9 Å². The number of hydrogen-bond donors (Lipinski definition) is 2. The van der Waals surface area contributed by atoms with Gasteiger partial charge in [0.15, 0.2) is 93.1 Å². The van der Waals surface area contributed by atoms with Gasteiger partial charge < -0.3 is 29.8 Å². The molecular weight excluding hydrogens is 1390 g/mol. The first-order valence-electron chi connectivity index (χ1n) is 25.0. The fourth-order valence-electron chi connectivity index (χ4n) is 11.0. The Morgan fingerprint density at radius 3 is 0.839 bits per heavy atom. The number of hydrogen-bond acceptors (Lipinski definition) is 6. The zero-order valence-corrected chi connectivity index (χ0v) is 46.9. The van der Waals surface area contributed by atoms with Gasteiger partial charge in [-0.25, -0.2) is 97.8 Å². The van der Waals surface area contributed by atoms with Gasteiger partial charge in [0, 0.05) is 34.2 Å². The van der Waals surface area contributed by atoms with Crippen LogP contribution in [0.5, 0.6) is 0 Å². The molecule has 458 valence electrons. The number of aliphatic carboxylic acids is 2. The molecule has 4 aromatic carbocycles. The number of rotatable bonds is 12. The summed E-state index contributed by atoms with van der Waals surface area (Å²) in [6, 6.07) is 0. The van der Waals surface area contributed by atoms with E-state index in [-0.39, 0.29) is 21.1 Å². The number of allylic oxidation sites excluding steroid dienone is 4. The summed E-state index contributed by atoms with van der Waals surface area (Å²) >= 11 is 0. The maximum absolute atomic E-state index is 16.9. The average Bonchev–Trinajstić information content (AvgIpc) is 1.78. The van der Waals surface area contributed by atoms with Crippen molar-refractivity contribution in [1.29, 1.82) is 0 Å². The second-order valence-electron chi connectivity index (χ2n) is 19.5. The molecule has 5 heterocycles. The van der Waals surface area contributed by atoms with Crippen molar-refractivity contribution in [2.75, 3.05) is 0 Å². The van der Waals surface area contributed by atoms with Crippen molar-refractivity contribution in [1.82, 2.24) is 19.9 Å². The first-order chi connectivity index (χ1) is 40.3. The molecule has 0 amide bonds. The second-order valence-corrected chi connectivity index (χ2v) is 19.5. The summed E-state index contributed by atoms with van der Waals surface area (Å²) in [4.78, 5) is 38.1. The molecule has 0 saturated carbocycles. The van der Waals surface area contributed by atoms with Gasteiger partial charge >= 0.3 is 21.1 Å². The first-order valence-corrected chi connectivity index (χ1v) is 25.0. The van der Waals surface area contributed by atoms with Crippen LogP contribution in [0.15, 0.2) is 0 Å². The van der Waals surface area contributed by atoms with E-state index in [1.54, 1.807) is 0 Å². The van der Waals surface area contributed by atoms with Crippen LogP contribution in [0, 0.1) is 130 Å². The molecule has 0 atom stereocenters. The molecule has 7 aromatic rings. The summed E-state index contributed by atoms with van der Waals surface area (Å²) in [6.07, 6.45) is -6.09. The molecule has 9 rings (SSSR count). The number of nitrogens with zero attached hydrogens (tertiary/aromatic N) is 2. The van der Waals surface area contributed by atoms with Crippen LogP contribution in [0.3, 0.4) is 0 Å². The molecule has 0 radical (unpaired) electrons. The van der Waals surface area contributed by atoms with Crippen LogP contribution in [0.4, 0.5) is 87.8 Å². The number of aromatic amines is 2. The summed E-state index contributed by atoms with van der Waals surface area (Å²) in [5.41, 5.74) is -28.1. The summed E-state index contributed by atoms with van der Waals surface area (Å²) < 4.78 is 321. The third-order valence-electron chi connectivity index (χ3n) is 15.0. The SMILES string of the molecule is CCc1c(C)c2[nH]c1c(-c1c(F)c(F)c(F)c(F)c1F)c1nc(c(-c3c(F)c(F)c(F)c(F)c3F)c3nc(c(-c4c(F)c(F)c(F)c(F)c4F)c4[nH]c(c(CC)c4C)c2-c2c(F)c(F)c(F)c(F)c2F)C(C)=C3CCC(=O)[O-])C(CCC(=O)[O-])=C1C.[Pt+2]. The number of nitrogens with one attached hydrogen (secondary N) is 2. The Bertz CT molecular complexity index is 4400. The van der Waals surface area contributed by atoms with Gasteiger partial charge in [-0.05, 0) is 111 Å². The van der Waals surface area contributed by atoms with Crippen molar-refractivity contribution in [3.8, 4) is 44.5 Å². The van der Waals surface area contributed by atoms with Gasteiger partial charge in [-0.3, -0.25) is 0 Å². The van der Waals surface area contributed by atoms with E-state index in [0.717, 1.165) is 27.7 Å². The Balaban J connectivity index is 0.00000982. The van der Waals surface area contributed by atoms with Crippen molar-refractivity contribution >= 4 is 56.3 Å². The molecule has 0 unspecified atom stereocenters. The third kappa shape index (κ3) is 9.75. The number of fused-ring (bicyclic) bond motifs is 8. The Morgan fingerprint density at radius 2 is 0.563 bits per heavy atom. The van der Waals surface area contributed by atoms with Crippen LogP contribution in [0.1, 0.15) is 98.4 Å². The fourth-order valence-corrected chi connectivity index (χ4v) is 11.0. The van der Waals surface area contributed by atoms with E-state index < -0.39 is 301 Å². The molecule has 87 heavy (non-hydrogen) atoms. The predicted molar refractivity (Wildman–Crippen MR) is 264 cm³/mol. The van der Waals surface area contributed by atoms with Gasteiger partial charge in [0.2, 0.25) is 23.3 Å². The summed E-state index contributed by atoms with van der Waals surface area (Å²) in [5, 5.41) is 24.6. The Hall–Kier alpha value is -8.29. The molecule has 0 saturated heterocycles. The van der Waals surface area contributed by atoms with Crippen molar-refractivity contribution in [2.24, 2.45) is 0 Å². The minimum absolute atomic E-state index is 0. The second kappa shape index (κ2) is 23.4. The molecule has 0 fully saturated rings. The van der Waals surface area contributed by atoms with E-state index in [0.29, 0.717) is 0 Å². The number of aryl methyl sites for hydroxylation is 4. The van der Waals surface area contributed by atoms with Crippen LogP contribution in [0.25, 0.3) is 88.9 Å². The molecule has 8 nitrogen and oxygen atoms in total. The van der Waals surface area contributed by atoms with Crippen LogP contribution in [-0.2, 0) is 43.5 Å². The van der Waals surface area contributed by atoms with E-state index in [4.69, 9.17) is 0 Å². The fraction of sp³-hybridized carbons (Fsp3) is 0.207. The Labute approximate surface area is 489 Å². The van der Waals surface area contributed by atoms with Crippen LogP contribution >= 0.6 is 0 Å². The van der Waals surface area contributed by atoms with E-state index in [1.165, 1.54) is 13.8 Å². The number of H-pyrrole nitrogens is 2. The van der Waals surface area contributed by atoms with Gasteiger partial charge in [0.1, 0.15) is 0 Å². The van der Waals surface area contributed by atoms with E-state index >= 15 is 87.8 Å². The number of carboxylic acid groups (broad SMARTS) is 2. The largest absolute Gasteiger partial charge is 2.00 e. The summed E-state index contributed by atoms with van der Waals surface area (Å²) in [7, 11) is 0. The molecule has 2 aliphatic rings. The number of carbonyl (C=O) groups excluding carboxylic acids is 2. The monoisotopic (exact) mass is 1420 g/mol. The zero-order chi connectivity index (χ0) is 63.6. The molecule has 2 aliphatic heterocycles. The van der Waals surface area contributed by atoms with Crippen LogP contribution in [-0.4, -0.2) is 31.9 Å². The van der Waals surface area contributed by atoms with Gasteiger partial charge in [-0.15, -0.1) is 0 Å². The number of benzene rings is 4. The Kier molecular flexibility index (Phi) is 17.4. The smallest absolute Gasteiger partial charge is 0.550 e. The van der Waals surface area contributed by atoms with Gasteiger partial charge in [0.25, 0.3) is 0 Å². The predicted octanol–water partition coefficient (Wildman–Crippen LogP) is 14.4. The molecule has 29 heteroatoms. The number of aromatic nitrogens is 4. The topological polar surface area (TPSA) is 138 Å². The minimum atomic E-state index is -2.87. The molecule has 2 N–H and O–H groups in total. The van der Waals surface area contributed by atoms with Crippen LogP contribution in [0.2, 0.25) is 0 Å². The van der Waals surface area contributed by atoms with Gasteiger partial charge in [0.05, 0.1) is 67.1 Å². The number of carbonyl (C=O) groups is 2. The van der Waals surface area contributed by atoms with Crippen molar-refractivity contribution in [3.05, 3.63) is 161 Å². The van der Waals surface area contributed by atoms with Crippen molar-refractivity contribution in [2.45, 2.75) is 80.1 Å². The maximum Gasteiger partial charge on any atom is 2.00 e. The molecule has 0 aliphatic carbocycles. The zero-order valence-electron chi connectivity index (χ0n) is 44.6. The Morgan fingerprint density at radius 1 is 0.333 bits per heavy atom. The van der Waals surface area contributed by atoms with Crippen molar-refractivity contribution < 1.29 is 129 Å². The molecule has 0 spiro atoms. The van der Waals surface area contributed by atoms with Crippen LogP contribution < -0.4 is 10.2 Å². The molecule has 8 bridgehead atoms. The van der Waals surface area contributed by atoms with E-state index in [9.17, 15) is 19.8 Å². The van der Waals surface area contributed by atoms with Gasteiger partial charge in [-0.2, -0.15) is 0 Å². The standard InChI is InChI=1S/C58H34F20N4O4.Pt/c1-7-17-13(3)51-27(23-31(59)39(67)47(75)40(68)32(23)60)53-15(5)19(9-11-21(83)84)57(81-53)30(26-37(65)45(73)50(78)46(74)38(26)66)58-20(10-12-22(85)86)16(6)54(82-58)29(25-35(63)43(71)49(77)44(72)36(25)64)56-18(8-2)14(4)52(80-56)28(55(17)79-51)24-33(61)41(69)48(76)42(70)34(24)62;/h79-80H,7-12H2,1-6H3,(H,83,84)(H,85,86);/q;+2/p-2. The average molecular weight is 1420 g/mol. The quantitative estimate of drug-likeness (QED) is 0.0710. The summed E-state index contributed by atoms with van der Waals surface area (Å²) in [5.74, 6) is -59.1. The number of halogens is 20. The molecular formula is C58H32F20N4O4Pt. The summed E-state index contributed by atoms with van der Waals surface area (Å²) in [6.45, 7) is 6.00.